The minimum atomic E-state index is -1.08. The highest BCUT2D eigenvalue weighted by molar-refractivity contribution is 5.84. The first kappa shape index (κ1) is 23.9. The summed E-state index contributed by atoms with van der Waals surface area (Å²) in [4.78, 5) is 36.3. The van der Waals surface area contributed by atoms with Crippen molar-refractivity contribution in [2.24, 2.45) is 0 Å². The molecule has 3 rings (SSSR count). The van der Waals surface area contributed by atoms with E-state index in [1.54, 1.807) is 19.2 Å². The average molecular weight is 456 g/mol. The van der Waals surface area contributed by atoms with Gasteiger partial charge in [-0.05, 0) is 54.7 Å². The number of hydrogen-bond donors (Lipinski definition) is 3. The van der Waals surface area contributed by atoms with Gasteiger partial charge in [-0.2, -0.15) is 0 Å². The van der Waals surface area contributed by atoms with Crippen LogP contribution in [0.1, 0.15) is 37.4 Å². The van der Waals surface area contributed by atoms with E-state index in [1.807, 2.05) is 6.07 Å². The molecule has 3 N–H and O–H groups in total. The van der Waals surface area contributed by atoms with E-state index in [1.165, 1.54) is 34.1 Å². The molecule has 33 heavy (non-hydrogen) atoms. The molecule has 0 aromatic heterocycles. The number of anilines is 1. The number of nitrogens with one attached hydrogen (secondary N) is 2. The van der Waals surface area contributed by atoms with E-state index in [0.29, 0.717) is 41.2 Å². The maximum absolute atomic E-state index is 13.0. The zero-order valence-corrected chi connectivity index (χ0v) is 19.3. The van der Waals surface area contributed by atoms with Crippen LogP contribution in [0, 0.1) is 0 Å². The van der Waals surface area contributed by atoms with Gasteiger partial charge in [0.1, 0.15) is 6.04 Å². The number of carbonyl (C=O) groups is 2. The third-order valence-corrected chi connectivity index (χ3v) is 5.66. The van der Waals surface area contributed by atoms with Crippen molar-refractivity contribution in [1.82, 2.24) is 5.32 Å². The Morgan fingerprint density at radius 2 is 1.79 bits per heavy atom. The second kappa shape index (κ2) is 9.81. The van der Waals surface area contributed by atoms with Crippen molar-refractivity contribution in [3.8, 4) is 28.4 Å². The van der Waals surface area contributed by atoms with Crippen LogP contribution in [0.3, 0.4) is 0 Å². The van der Waals surface area contributed by atoms with Gasteiger partial charge >= 0.3 is 5.97 Å². The highest BCUT2D eigenvalue weighted by Gasteiger charge is 2.29. The smallest absolute Gasteiger partial charge is 0.325 e. The number of benzene rings is 1. The second-order valence-electron chi connectivity index (χ2n) is 7.80. The first-order valence-electron chi connectivity index (χ1n) is 10.5. The van der Waals surface area contributed by atoms with Crippen LogP contribution in [0.15, 0.2) is 29.1 Å². The Morgan fingerprint density at radius 3 is 2.36 bits per heavy atom. The molecule has 0 heterocycles. The number of carbonyl (C=O) groups excluding carboxylic acids is 1. The molecule has 0 bridgehead atoms. The van der Waals surface area contributed by atoms with Crippen LogP contribution >= 0.6 is 0 Å². The molecule has 2 aromatic rings. The maximum Gasteiger partial charge on any atom is 0.325 e. The fourth-order valence-corrected chi connectivity index (χ4v) is 4.12. The summed E-state index contributed by atoms with van der Waals surface area (Å²) in [7, 11) is 4.58. The molecule has 1 aliphatic carbocycles. The highest BCUT2D eigenvalue weighted by Crippen LogP contribution is 2.50. The number of hydrogen-bond acceptors (Lipinski definition) is 7. The molecule has 9 nitrogen and oxygen atoms in total. The molecule has 9 heteroatoms. The zero-order valence-electron chi connectivity index (χ0n) is 19.3. The molecule has 2 aromatic carbocycles. The second-order valence-corrected chi connectivity index (χ2v) is 7.80. The van der Waals surface area contributed by atoms with Gasteiger partial charge in [-0.3, -0.25) is 14.4 Å². The Balaban J connectivity index is 2.35. The third kappa shape index (κ3) is 4.72. The van der Waals surface area contributed by atoms with Gasteiger partial charge in [0.2, 0.25) is 17.1 Å². The van der Waals surface area contributed by atoms with Gasteiger partial charge in [0.25, 0.3) is 0 Å². The molecule has 1 aliphatic rings. The highest BCUT2D eigenvalue weighted by atomic mass is 16.5. The fourth-order valence-electron chi connectivity index (χ4n) is 4.12. The van der Waals surface area contributed by atoms with Crippen LogP contribution < -0.4 is 30.3 Å². The summed E-state index contributed by atoms with van der Waals surface area (Å²) >= 11 is 0. The van der Waals surface area contributed by atoms with Crippen molar-refractivity contribution in [1.29, 1.82) is 0 Å². The van der Waals surface area contributed by atoms with Crippen molar-refractivity contribution < 1.29 is 28.9 Å². The average Bonchev–Trinajstić information content (AvgIpc) is 3.01. The Morgan fingerprint density at radius 1 is 1.09 bits per heavy atom. The van der Waals surface area contributed by atoms with Crippen LogP contribution in [0.2, 0.25) is 0 Å². The molecule has 1 amide bonds. The lowest BCUT2D eigenvalue weighted by Crippen LogP contribution is -2.28. The van der Waals surface area contributed by atoms with Gasteiger partial charge in [-0.25, -0.2) is 0 Å². The van der Waals surface area contributed by atoms with E-state index in [2.05, 4.69) is 10.6 Å². The van der Waals surface area contributed by atoms with Gasteiger partial charge in [0.15, 0.2) is 11.5 Å². The lowest BCUT2D eigenvalue weighted by Gasteiger charge is -2.19. The fraction of sp³-hybridized carbons (Fsp3) is 0.375. The van der Waals surface area contributed by atoms with Crippen LogP contribution in [0.5, 0.6) is 17.2 Å². The maximum atomic E-state index is 13.0. The van der Waals surface area contributed by atoms with Crippen LogP contribution in [0.25, 0.3) is 11.1 Å². The Bertz CT molecular complexity index is 1150. The first-order valence-corrected chi connectivity index (χ1v) is 10.5. The summed E-state index contributed by atoms with van der Waals surface area (Å²) in [6.07, 6.45) is 1.13. The van der Waals surface area contributed by atoms with Crippen molar-refractivity contribution in [3.05, 3.63) is 45.6 Å². The van der Waals surface area contributed by atoms with Crippen LogP contribution in [-0.2, 0) is 16.0 Å². The van der Waals surface area contributed by atoms with E-state index >= 15 is 0 Å². The minimum absolute atomic E-state index is 0.139. The molecule has 176 valence electrons. The predicted molar refractivity (Wildman–Crippen MR) is 123 cm³/mol. The van der Waals surface area contributed by atoms with Gasteiger partial charge < -0.3 is 30.0 Å². The first-order chi connectivity index (χ1) is 15.7. The number of methoxy groups -OCH3 is 3. The van der Waals surface area contributed by atoms with Crippen molar-refractivity contribution in [3.63, 3.8) is 0 Å². The van der Waals surface area contributed by atoms with Crippen LogP contribution in [-0.4, -0.2) is 44.4 Å². The SMILES string of the molecule is COc1cc2c(c(OC)c1OC)-c1ccc(NC(C)C(=O)O)c(=O)cc1C(NC(C)=O)CC2. The molecule has 0 aliphatic heterocycles. The quantitative estimate of drug-likeness (QED) is 0.581. The summed E-state index contributed by atoms with van der Waals surface area (Å²) < 4.78 is 16.8. The van der Waals surface area contributed by atoms with E-state index in [9.17, 15) is 19.5 Å². The Kier molecular flexibility index (Phi) is 7.10. The number of aryl methyl sites for hydroxylation is 1. The predicted octanol–water partition coefficient (Wildman–Crippen LogP) is 2.75. The molecule has 2 unspecified atom stereocenters. The van der Waals surface area contributed by atoms with E-state index in [0.717, 1.165) is 11.1 Å². The van der Waals surface area contributed by atoms with Gasteiger partial charge in [0, 0.05) is 12.5 Å². The summed E-state index contributed by atoms with van der Waals surface area (Å²) in [5.74, 6) is 0.0615. The normalized spacial score (nSPS) is 15.2. The van der Waals surface area contributed by atoms with Crippen molar-refractivity contribution in [2.75, 3.05) is 26.6 Å². The topological polar surface area (TPSA) is 123 Å². The number of carboxylic acid groups (broad SMARTS) is 1. The summed E-state index contributed by atoms with van der Waals surface area (Å²) in [5, 5.41) is 14.9. The van der Waals surface area contributed by atoms with Gasteiger partial charge in [-0.1, -0.05) is 6.07 Å². The largest absolute Gasteiger partial charge is 0.493 e. The van der Waals surface area contributed by atoms with Crippen LogP contribution in [0.4, 0.5) is 5.69 Å². The number of fused-ring (bicyclic) bond motifs is 3. The lowest BCUT2D eigenvalue weighted by molar-refractivity contribution is -0.137. The van der Waals surface area contributed by atoms with E-state index in [-0.39, 0.29) is 17.0 Å². The monoisotopic (exact) mass is 456 g/mol. The summed E-state index contributed by atoms with van der Waals surface area (Å²) in [6, 6.07) is 5.21. The molecule has 0 fully saturated rings. The van der Waals surface area contributed by atoms with E-state index in [4.69, 9.17) is 14.2 Å². The molecular formula is C24H28N2O7. The van der Waals surface area contributed by atoms with Gasteiger partial charge in [0.05, 0.1) is 33.1 Å². The molecule has 0 radical (unpaired) electrons. The third-order valence-electron chi connectivity index (χ3n) is 5.66. The standard InChI is InChI=1S/C24H28N2O7/c1-12(24(29)30)25-18-9-7-15-16(11-19(18)28)17(26-13(2)27)8-6-14-10-20(31-3)22(32-4)23(33-5)21(14)15/h7,9-12,17H,6,8H2,1-5H3,(H,25,28)(H,26,27)(H,29,30). The number of aliphatic carboxylic acids is 1. The van der Waals surface area contributed by atoms with Crippen molar-refractivity contribution in [2.45, 2.75) is 38.8 Å². The summed E-state index contributed by atoms with van der Waals surface area (Å²) in [6.45, 7) is 2.88. The molecule has 0 spiro atoms. The number of ether oxygens (including phenoxy) is 3. The Hall–Kier alpha value is -3.75. The lowest BCUT2D eigenvalue weighted by atomic mass is 9.95. The molecule has 0 saturated heterocycles. The molecule has 0 saturated carbocycles. The number of carboxylic acids is 1. The van der Waals surface area contributed by atoms with E-state index < -0.39 is 18.1 Å². The summed E-state index contributed by atoms with van der Waals surface area (Å²) in [5.41, 5.74) is 2.67. The molecular weight excluding hydrogens is 428 g/mol. The van der Waals surface area contributed by atoms with Gasteiger partial charge in [-0.15, -0.1) is 0 Å². The molecule has 2 atom stereocenters. The van der Waals surface area contributed by atoms with Crippen molar-refractivity contribution >= 4 is 17.6 Å². The zero-order chi connectivity index (χ0) is 24.3. The minimum Gasteiger partial charge on any atom is -0.493 e. The number of rotatable bonds is 7. The number of amides is 1. The Labute approximate surface area is 191 Å².